The fourth-order valence-electron chi connectivity index (χ4n) is 4.27. The lowest BCUT2D eigenvalue weighted by molar-refractivity contribution is 0.209. The summed E-state index contributed by atoms with van der Waals surface area (Å²) in [7, 11) is -3.49. The molecular weight excluding hydrogens is 517 g/mol. The van der Waals surface area contributed by atoms with Crippen molar-refractivity contribution in [3.8, 4) is 11.1 Å². The molecule has 1 aromatic carbocycles. The third-order valence-corrected chi connectivity index (χ3v) is 7.81. The van der Waals surface area contributed by atoms with Gasteiger partial charge in [0.25, 0.3) is 0 Å². The van der Waals surface area contributed by atoms with Crippen molar-refractivity contribution < 1.29 is 8.42 Å². The van der Waals surface area contributed by atoms with Crippen LogP contribution in [0.15, 0.2) is 47.5 Å². The number of benzene rings is 1. The number of aromatic nitrogens is 1. The van der Waals surface area contributed by atoms with Gasteiger partial charge in [0.15, 0.2) is 0 Å². The molecule has 0 spiro atoms. The van der Waals surface area contributed by atoms with Crippen LogP contribution in [0.2, 0.25) is 0 Å². The average Bonchev–Trinajstić information content (AvgIpc) is 2.80. The zero-order valence-corrected chi connectivity index (χ0v) is 22.9. The maximum Gasteiger partial charge on any atom is 0.240 e. The molecule has 0 unspecified atom stereocenters. The number of pyridine rings is 1. The fourth-order valence-corrected chi connectivity index (χ4v) is 5.57. The van der Waals surface area contributed by atoms with Crippen molar-refractivity contribution in [1.29, 1.82) is 0 Å². The van der Waals surface area contributed by atoms with Crippen LogP contribution in [0.3, 0.4) is 0 Å². The number of piperidine rings is 1. The van der Waals surface area contributed by atoms with Crippen LogP contribution in [0.1, 0.15) is 26.7 Å². The third-order valence-electron chi connectivity index (χ3n) is 6.28. The molecule has 11 heteroatoms. The average molecular weight is 553 g/mol. The van der Waals surface area contributed by atoms with Crippen LogP contribution < -0.4 is 14.9 Å². The smallest absolute Gasteiger partial charge is 0.240 e. The van der Waals surface area contributed by atoms with Crippen LogP contribution in [0.25, 0.3) is 11.1 Å². The Labute approximate surface area is 222 Å². The van der Waals surface area contributed by atoms with Crippen LogP contribution >= 0.6 is 37.2 Å². The molecule has 2 aliphatic rings. The Kier molecular flexibility index (Phi) is 12.6. The normalized spacial score (nSPS) is 17.4. The number of hydrogen-bond donors (Lipinski definition) is 2. The van der Waals surface area contributed by atoms with Crippen molar-refractivity contribution in [2.24, 2.45) is 0 Å². The fraction of sp³-hybridized carbons (Fsp3) is 0.522. The monoisotopic (exact) mass is 551 g/mol. The largest absolute Gasteiger partial charge is 0.354 e. The summed E-state index contributed by atoms with van der Waals surface area (Å²) in [4.78, 5) is 9.79. The number of piperazine rings is 1. The van der Waals surface area contributed by atoms with Gasteiger partial charge in [0.2, 0.25) is 10.0 Å². The zero-order chi connectivity index (χ0) is 21.8. The lowest BCUT2D eigenvalue weighted by Crippen LogP contribution is -2.49. The molecule has 3 heterocycles. The Morgan fingerprint density at radius 2 is 1.50 bits per heavy atom. The van der Waals surface area contributed by atoms with Gasteiger partial charge in [0.1, 0.15) is 5.82 Å². The predicted molar refractivity (Wildman–Crippen MR) is 147 cm³/mol. The minimum Gasteiger partial charge on any atom is -0.354 e. The maximum atomic E-state index is 12.7. The van der Waals surface area contributed by atoms with E-state index < -0.39 is 10.0 Å². The zero-order valence-electron chi connectivity index (χ0n) is 19.6. The molecule has 0 amide bonds. The van der Waals surface area contributed by atoms with E-state index in [1.807, 2.05) is 18.3 Å². The molecule has 0 atom stereocenters. The molecule has 192 valence electrons. The quantitative estimate of drug-likeness (QED) is 0.571. The first kappa shape index (κ1) is 30.9. The molecule has 2 saturated heterocycles. The van der Waals surface area contributed by atoms with Gasteiger partial charge >= 0.3 is 0 Å². The molecular formula is C23H36Cl3N5O2S. The number of nitrogens with one attached hydrogen (secondary N) is 2. The molecule has 1 aromatic heterocycles. The van der Waals surface area contributed by atoms with E-state index in [1.165, 1.54) is 0 Å². The van der Waals surface area contributed by atoms with E-state index in [9.17, 15) is 8.42 Å². The summed E-state index contributed by atoms with van der Waals surface area (Å²) in [6, 6.07) is 11.8. The Bertz CT molecular complexity index is 961. The van der Waals surface area contributed by atoms with E-state index in [4.69, 9.17) is 0 Å². The maximum absolute atomic E-state index is 12.7. The number of nitrogens with zero attached hydrogens (tertiary/aromatic N) is 3. The van der Waals surface area contributed by atoms with Crippen molar-refractivity contribution >= 4 is 53.1 Å². The molecule has 34 heavy (non-hydrogen) atoms. The SMILES string of the molecule is CC(C)N1CCN(c2ccc(-c3ccc(S(=O)(=O)NC4CCNCC4)cc3)cn2)CC1.Cl.Cl.Cl. The molecule has 2 aromatic rings. The lowest BCUT2D eigenvalue weighted by atomic mass is 10.1. The number of halogens is 3. The van der Waals surface area contributed by atoms with Gasteiger partial charge in [-0.2, -0.15) is 0 Å². The Hall–Kier alpha value is -1.13. The summed E-state index contributed by atoms with van der Waals surface area (Å²) in [6.07, 6.45) is 3.52. The molecule has 2 N–H and O–H groups in total. The van der Waals surface area contributed by atoms with Gasteiger partial charge < -0.3 is 10.2 Å². The van der Waals surface area contributed by atoms with Crippen molar-refractivity contribution in [2.45, 2.75) is 43.7 Å². The molecule has 0 aliphatic carbocycles. The third kappa shape index (κ3) is 7.68. The highest BCUT2D eigenvalue weighted by molar-refractivity contribution is 7.89. The van der Waals surface area contributed by atoms with Gasteiger partial charge in [-0.25, -0.2) is 18.1 Å². The first-order valence-electron chi connectivity index (χ1n) is 11.2. The molecule has 4 rings (SSSR count). The number of rotatable bonds is 6. The Morgan fingerprint density at radius 3 is 2.03 bits per heavy atom. The van der Waals surface area contributed by atoms with E-state index in [1.54, 1.807) is 12.1 Å². The Morgan fingerprint density at radius 1 is 0.912 bits per heavy atom. The van der Waals surface area contributed by atoms with Gasteiger partial charge in [-0.05, 0) is 69.6 Å². The van der Waals surface area contributed by atoms with Crippen molar-refractivity contribution in [3.05, 3.63) is 42.6 Å². The highest BCUT2D eigenvalue weighted by Crippen LogP contribution is 2.24. The number of sulfonamides is 1. The summed E-state index contributed by atoms with van der Waals surface area (Å²) in [6.45, 7) is 10.3. The van der Waals surface area contributed by atoms with E-state index in [0.29, 0.717) is 10.9 Å². The number of hydrogen-bond acceptors (Lipinski definition) is 6. The first-order chi connectivity index (χ1) is 14.9. The first-order valence-corrected chi connectivity index (χ1v) is 12.7. The van der Waals surface area contributed by atoms with E-state index in [-0.39, 0.29) is 43.3 Å². The van der Waals surface area contributed by atoms with Crippen LogP contribution in [-0.2, 0) is 10.0 Å². The minimum absolute atomic E-state index is 0. The van der Waals surface area contributed by atoms with Gasteiger partial charge in [-0.3, -0.25) is 4.90 Å². The Balaban J connectivity index is 0.00000193. The van der Waals surface area contributed by atoms with Gasteiger partial charge in [0.05, 0.1) is 4.90 Å². The van der Waals surface area contributed by atoms with Crippen LogP contribution in [0.5, 0.6) is 0 Å². The topological polar surface area (TPSA) is 77.6 Å². The van der Waals surface area contributed by atoms with Gasteiger partial charge in [-0.1, -0.05) is 12.1 Å². The van der Waals surface area contributed by atoms with Crippen molar-refractivity contribution in [2.75, 3.05) is 44.2 Å². The lowest BCUT2D eigenvalue weighted by Gasteiger charge is -2.37. The molecule has 0 saturated carbocycles. The molecule has 0 bridgehead atoms. The highest BCUT2D eigenvalue weighted by atomic mass is 35.5. The minimum atomic E-state index is -3.49. The van der Waals surface area contributed by atoms with Gasteiger partial charge in [-0.15, -0.1) is 37.2 Å². The molecule has 7 nitrogen and oxygen atoms in total. The second kappa shape index (κ2) is 13.8. The van der Waals surface area contributed by atoms with E-state index >= 15 is 0 Å². The van der Waals surface area contributed by atoms with Crippen LogP contribution in [-0.4, -0.2) is 69.7 Å². The summed E-state index contributed by atoms with van der Waals surface area (Å²) in [5.41, 5.74) is 1.95. The second-order valence-electron chi connectivity index (χ2n) is 8.69. The summed E-state index contributed by atoms with van der Waals surface area (Å²) in [5.74, 6) is 0.998. The predicted octanol–water partition coefficient (Wildman–Crippen LogP) is 3.57. The van der Waals surface area contributed by atoms with Crippen LogP contribution in [0.4, 0.5) is 5.82 Å². The van der Waals surface area contributed by atoms with E-state index in [0.717, 1.165) is 69.1 Å². The molecule has 2 aliphatic heterocycles. The van der Waals surface area contributed by atoms with Crippen LogP contribution in [0, 0.1) is 0 Å². The summed E-state index contributed by atoms with van der Waals surface area (Å²) >= 11 is 0. The summed E-state index contributed by atoms with van der Waals surface area (Å²) in [5, 5.41) is 3.25. The second-order valence-corrected chi connectivity index (χ2v) is 10.4. The van der Waals surface area contributed by atoms with E-state index in [2.05, 4.69) is 50.8 Å². The summed E-state index contributed by atoms with van der Waals surface area (Å²) < 4.78 is 28.2. The number of anilines is 1. The standard InChI is InChI=1S/C23H33N5O2S.3ClH/c1-18(2)27-13-15-28(16-14-27)23-8-5-20(17-25-23)19-3-6-22(7-4-19)31(29,30)26-21-9-11-24-12-10-21;;;/h3-8,17-18,21,24,26H,9-16H2,1-2H3;3*1H. The molecule has 0 radical (unpaired) electrons. The van der Waals surface area contributed by atoms with Crippen molar-refractivity contribution in [1.82, 2.24) is 19.9 Å². The van der Waals surface area contributed by atoms with Gasteiger partial charge in [0, 0.05) is 50.0 Å². The van der Waals surface area contributed by atoms with Crippen molar-refractivity contribution in [3.63, 3.8) is 0 Å². The highest BCUT2D eigenvalue weighted by Gasteiger charge is 2.22. The molecule has 2 fully saturated rings.